The topological polar surface area (TPSA) is 80.7 Å². The van der Waals surface area contributed by atoms with Crippen LogP contribution in [0.2, 0.25) is 0 Å². The summed E-state index contributed by atoms with van der Waals surface area (Å²) in [5.74, 6) is -0.795. The normalized spacial score (nSPS) is 44.4. The summed E-state index contributed by atoms with van der Waals surface area (Å²) in [4.78, 5) is 37.5. The van der Waals surface area contributed by atoms with Gasteiger partial charge in [-0.2, -0.15) is 0 Å². The number of esters is 1. The first-order chi connectivity index (χ1) is 15.9. The first-order valence-electron chi connectivity index (χ1n) is 12.7. The van der Waals surface area contributed by atoms with Crippen LogP contribution in [-0.4, -0.2) is 46.4 Å². The summed E-state index contributed by atoms with van der Waals surface area (Å²) >= 11 is 3.35. The number of alkyl halides is 2. The highest BCUT2D eigenvalue weighted by molar-refractivity contribution is 9.09. The van der Waals surface area contributed by atoms with Crippen LogP contribution in [0.4, 0.5) is 4.39 Å². The Morgan fingerprint density at radius 3 is 2.59 bits per heavy atom. The Bertz CT molecular complexity index is 901. The zero-order chi connectivity index (χ0) is 25.1. The summed E-state index contributed by atoms with van der Waals surface area (Å²) in [6.07, 6.45) is 4.12. The van der Waals surface area contributed by atoms with Crippen LogP contribution in [0.25, 0.3) is 0 Å². The molecule has 0 aromatic heterocycles. The third-order valence-corrected chi connectivity index (χ3v) is 10.5. The zero-order valence-corrected chi connectivity index (χ0v) is 22.3. The van der Waals surface area contributed by atoms with E-state index in [1.165, 1.54) is 6.92 Å². The molecule has 190 valence electrons. The van der Waals surface area contributed by atoms with Gasteiger partial charge in [0.2, 0.25) is 0 Å². The molecule has 0 aromatic rings. The Kier molecular flexibility index (Phi) is 6.96. The molecule has 1 N–H and O–H groups in total. The van der Waals surface area contributed by atoms with Crippen LogP contribution in [0.5, 0.6) is 0 Å². The first-order valence-corrected chi connectivity index (χ1v) is 13.9. The number of ether oxygens (including phenoxy) is 1. The van der Waals surface area contributed by atoms with Gasteiger partial charge in [0.1, 0.15) is 11.5 Å². The maximum absolute atomic E-state index is 17.3. The highest BCUT2D eigenvalue weighted by atomic mass is 79.9. The van der Waals surface area contributed by atoms with Crippen molar-refractivity contribution in [2.24, 2.45) is 40.4 Å². The fourth-order valence-corrected chi connectivity index (χ4v) is 8.75. The van der Waals surface area contributed by atoms with Crippen molar-refractivity contribution in [3.8, 4) is 0 Å². The molecule has 4 aliphatic carbocycles. The second-order valence-electron chi connectivity index (χ2n) is 11.9. The smallest absolute Gasteiger partial charge is 0.308 e. The number of hydrogen-bond acceptors (Lipinski definition) is 5. The lowest BCUT2D eigenvalue weighted by molar-refractivity contribution is -0.158. The predicted molar refractivity (Wildman–Crippen MR) is 130 cm³/mol. The number of carbonyl (C=O) groups excluding carboxylic acids is 3. The molecule has 0 saturated heterocycles. The number of Topliss-reactive ketones (excluding diaryl/α,β-unsaturated/α-hetero) is 1. The first kappa shape index (κ1) is 26.0. The van der Waals surface area contributed by atoms with Crippen molar-refractivity contribution < 1.29 is 28.6 Å². The van der Waals surface area contributed by atoms with E-state index in [-0.39, 0.29) is 64.9 Å². The third kappa shape index (κ3) is 3.93. The molecule has 1 unspecified atom stereocenters. The van der Waals surface area contributed by atoms with Gasteiger partial charge in [-0.1, -0.05) is 42.3 Å². The average molecular weight is 541 g/mol. The number of aliphatic hydroxyl groups excluding tert-OH is 1. The van der Waals surface area contributed by atoms with Gasteiger partial charge in [-0.05, 0) is 68.3 Å². The van der Waals surface area contributed by atoms with Gasteiger partial charge in [0.25, 0.3) is 0 Å². The van der Waals surface area contributed by atoms with E-state index >= 15 is 4.39 Å². The summed E-state index contributed by atoms with van der Waals surface area (Å²) in [7, 11) is 0. The van der Waals surface area contributed by atoms with Crippen molar-refractivity contribution in [1.29, 1.82) is 0 Å². The highest BCUT2D eigenvalue weighted by Gasteiger charge is 2.69. The van der Waals surface area contributed by atoms with Gasteiger partial charge >= 0.3 is 5.97 Å². The van der Waals surface area contributed by atoms with Crippen molar-refractivity contribution in [2.75, 3.05) is 11.9 Å². The number of fused-ring (bicyclic) bond motifs is 5. The maximum Gasteiger partial charge on any atom is 0.308 e. The molecule has 0 bridgehead atoms. The van der Waals surface area contributed by atoms with Crippen LogP contribution in [0.15, 0.2) is 11.6 Å². The van der Waals surface area contributed by atoms with Crippen LogP contribution in [0.1, 0.15) is 72.6 Å². The van der Waals surface area contributed by atoms with Gasteiger partial charge in [0, 0.05) is 23.7 Å². The number of aliphatic hydroxyl groups is 1. The number of halogens is 2. The molecule has 0 aliphatic heterocycles. The molecule has 34 heavy (non-hydrogen) atoms. The summed E-state index contributed by atoms with van der Waals surface area (Å²) in [6, 6.07) is 0. The van der Waals surface area contributed by atoms with Crippen molar-refractivity contribution in [2.45, 2.75) is 84.4 Å². The summed E-state index contributed by atoms with van der Waals surface area (Å²) < 4.78 is 22.8. The van der Waals surface area contributed by atoms with E-state index in [0.29, 0.717) is 38.5 Å². The van der Waals surface area contributed by atoms with E-state index in [1.807, 2.05) is 6.92 Å². The SMILES string of the molecule is CC(O)CC(=O)OC[C@@H]1C[C@H]2[C@@H]3C[C@H](C)C4=CC(=O)CC[C@]4(C)[C@@]3(F)CC[C@]2(C)[C@H]1C(=O)CBr. The molecule has 3 saturated carbocycles. The molecule has 0 aromatic carbocycles. The minimum absolute atomic E-state index is 0.0122. The number of allylic oxidation sites excluding steroid dienone is 1. The third-order valence-electron chi connectivity index (χ3n) is 9.97. The van der Waals surface area contributed by atoms with Crippen LogP contribution < -0.4 is 0 Å². The molecule has 3 fully saturated rings. The quantitative estimate of drug-likeness (QED) is 0.379. The van der Waals surface area contributed by atoms with E-state index in [4.69, 9.17) is 4.74 Å². The zero-order valence-electron chi connectivity index (χ0n) is 20.7. The van der Waals surface area contributed by atoms with Crippen molar-refractivity contribution in [1.82, 2.24) is 0 Å². The Morgan fingerprint density at radius 1 is 1.24 bits per heavy atom. The van der Waals surface area contributed by atoms with Gasteiger partial charge in [-0.15, -0.1) is 0 Å². The van der Waals surface area contributed by atoms with Crippen molar-refractivity contribution in [3.05, 3.63) is 11.6 Å². The largest absolute Gasteiger partial charge is 0.465 e. The predicted octanol–water partition coefficient (Wildman–Crippen LogP) is 4.98. The van der Waals surface area contributed by atoms with E-state index < -0.39 is 23.2 Å². The Balaban J connectivity index is 1.66. The fourth-order valence-electron chi connectivity index (χ4n) is 8.40. The van der Waals surface area contributed by atoms with E-state index in [2.05, 4.69) is 29.8 Å². The maximum atomic E-state index is 17.3. The second kappa shape index (κ2) is 9.10. The number of ketones is 2. The number of hydrogen-bond donors (Lipinski definition) is 1. The molecule has 5 nitrogen and oxygen atoms in total. The molecule has 0 amide bonds. The highest BCUT2D eigenvalue weighted by Crippen LogP contribution is 2.71. The molecule has 4 rings (SSSR count). The van der Waals surface area contributed by atoms with Gasteiger partial charge in [0.05, 0.1) is 24.5 Å². The Labute approximate surface area is 210 Å². The molecule has 0 spiro atoms. The molecule has 0 radical (unpaired) electrons. The summed E-state index contributed by atoms with van der Waals surface area (Å²) in [5.41, 5.74) is -1.44. The van der Waals surface area contributed by atoms with Crippen molar-refractivity contribution >= 4 is 33.5 Å². The average Bonchev–Trinajstić information content (AvgIpc) is 3.07. The lowest BCUT2D eigenvalue weighted by Gasteiger charge is -2.62. The monoisotopic (exact) mass is 540 g/mol. The fraction of sp³-hybridized carbons (Fsp3) is 0.815. The molecule has 0 heterocycles. The minimum Gasteiger partial charge on any atom is -0.465 e. The van der Waals surface area contributed by atoms with Crippen LogP contribution in [0, 0.1) is 40.4 Å². The van der Waals surface area contributed by atoms with E-state index in [1.54, 1.807) is 6.08 Å². The van der Waals surface area contributed by atoms with E-state index in [9.17, 15) is 19.5 Å². The lowest BCUT2D eigenvalue weighted by atomic mass is 9.43. The molecule has 7 heteroatoms. The Morgan fingerprint density at radius 2 is 1.94 bits per heavy atom. The lowest BCUT2D eigenvalue weighted by Crippen LogP contribution is -2.62. The van der Waals surface area contributed by atoms with E-state index in [0.717, 1.165) is 5.57 Å². The van der Waals surface area contributed by atoms with Crippen LogP contribution in [0.3, 0.4) is 0 Å². The van der Waals surface area contributed by atoms with Gasteiger partial charge in [-0.25, -0.2) is 4.39 Å². The summed E-state index contributed by atoms with van der Waals surface area (Å²) in [5, 5.41) is 9.72. The van der Waals surface area contributed by atoms with Crippen molar-refractivity contribution in [3.63, 3.8) is 0 Å². The second-order valence-corrected chi connectivity index (χ2v) is 12.5. The number of carbonyl (C=O) groups is 3. The molecular weight excluding hydrogens is 503 g/mol. The summed E-state index contributed by atoms with van der Waals surface area (Å²) in [6.45, 7) is 7.93. The number of rotatable bonds is 6. The molecule has 4 aliphatic rings. The molecular formula is C27H38BrFO5. The van der Waals surface area contributed by atoms with Crippen LogP contribution in [-0.2, 0) is 19.1 Å². The van der Waals surface area contributed by atoms with Gasteiger partial charge in [0.15, 0.2) is 5.78 Å². The minimum atomic E-state index is -1.41. The van der Waals surface area contributed by atoms with Gasteiger partial charge in [-0.3, -0.25) is 14.4 Å². The standard InChI is InChI=1S/C27H38BrFO5/c1-15-9-21-20-11-17(14-34-23(33)10-16(2)30)24(22(32)13-28)25(20,3)7-8-27(21,29)26(4)6-5-18(31)12-19(15)26/h12,15-17,20-21,24,30H,5-11,13-14H2,1-4H3/t15-,16?,17-,20-,21-,24+,25-,26-,27+/m0/s1. The molecule has 9 atom stereocenters. The van der Waals surface area contributed by atoms with Gasteiger partial charge < -0.3 is 9.84 Å². The Hall–Kier alpha value is -1.08. The van der Waals surface area contributed by atoms with Crippen LogP contribution >= 0.6 is 15.9 Å².